The van der Waals surface area contributed by atoms with Gasteiger partial charge in [0.2, 0.25) is 0 Å². The Labute approximate surface area is 137 Å². The van der Waals surface area contributed by atoms with Crippen molar-refractivity contribution in [1.82, 2.24) is 9.97 Å². The van der Waals surface area contributed by atoms with Crippen LogP contribution < -0.4 is 11.1 Å². The summed E-state index contributed by atoms with van der Waals surface area (Å²) in [6.45, 7) is 4.18. The number of halogens is 1. The van der Waals surface area contributed by atoms with Gasteiger partial charge >= 0.3 is 0 Å². The molecule has 0 unspecified atom stereocenters. The summed E-state index contributed by atoms with van der Waals surface area (Å²) >= 11 is 8.62. The SMILES string of the molecule is CCOC(=S)c1cnc(C)nc1Nc1ccc(Br)cc1N. The van der Waals surface area contributed by atoms with E-state index in [0.717, 1.165) is 10.2 Å². The lowest BCUT2D eigenvalue weighted by molar-refractivity contribution is 0.337. The first kappa shape index (κ1) is 15.7. The quantitative estimate of drug-likeness (QED) is 0.636. The molecule has 0 aliphatic heterocycles. The van der Waals surface area contributed by atoms with Gasteiger partial charge in [-0.2, -0.15) is 0 Å². The second-order valence-electron chi connectivity index (χ2n) is 4.26. The largest absolute Gasteiger partial charge is 0.483 e. The second-order valence-corrected chi connectivity index (χ2v) is 5.54. The lowest BCUT2D eigenvalue weighted by Crippen LogP contribution is -2.10. The number of hydrogen-bond acceptors (Lipinski definition) is 6. The average molecular weight is 367 g/mol. The van der Waals surface area contributed by atoms with E-state index in [2.05, 4.69) is 31.2 Å². The fourth-order valence-corrected chi connectivity index (χ4v) is 2.34. The predicted octanol–water partition coefficient (Wildman–Crippen LogP) is 3.59. The van der Waals surface area contributed by atoms with Crippen molar-refractivity contribution in [3.05, 3.63) is 40.3 Å². The highest BCUT2D eigenvalue weighted by molar-refractivity contribution is 9.10. The normalized spacial score (nSPS) is 10.2. The molecule has 1 heterocycles. The number of anilines is 3. The second kappa shape index (κ2) is 6.82. The van der Waals surface area contributed by atoms with Crippen molar-refractivity contribution in [1.29, 1.82) is 0 Å². The number of hydrogen-bond donors (Lipinski definition) is 2. The molecule has 0 atom stereocenters. The van der Waals surface area contributed by atoms with Crippen LogP contribution in [0.15, 0.2) is 28.9 Å². The van der Waals surface area contributed by atoms with Gasteiger partial charge < -0.3 is 15.8 Å². The average Bonchev–Trinajstić information content (AvgIpc) is 2.42. The molecule has 0 saturated heterocycles. The Morgan fingerprint density at radius 3 is 2.90 bits per heavy atom. The zero-order chi connectivity index (χ0) is 15.4. The summed E-state index contributed by atoms with van der Waals surface area (Å²) in [4.78, 5) is 8.54. The number of nitrogens with one attached hydrogen (secondary N) is 1. The molecule has 0 aliphatic rings. The van der Waals surface area contributed by atoms with Gasteiger partial charge in [-0.1, -0.05) is 15.9 Å². The zero-order valence-corrected chi connectivity index (χ0v) is 14.1. The van der Waals surface area contributed by atoms with E-state index in [4.69, 9.17) is 22.7 Å². The van der Waals surface area contributed by atoms with Crippen LogP contribution in [0.2, 0.25) is 0 Å². The molecule has 0 bridgehead atoms. The zero-order valence-electron chi connectivity index (χ0n) is 11.7. The molecule has 5 nitrogen and oxygen atoms in total. The van der Waals surface area contributed by atoms with Crippen molar-refractivity contribution >= 4 is 50.4 Å². The third-order valence-electron chi connectivity index (χ3n) is 2.67. The number of nitrogens with two attached hydrogens (primary N) is 1. The van der Waals surface area contributed by atoms with Crippen LogP contribution in [0.25, 0.3) is 0 Å². The molecule has 1 aromatic heterocycles. The molecule has 1 aromatic carbocycles. The van der Waals surface area contributed by atoms with Crippen molar-refractivity contribution in [2.75, 3.05) is 17.7 Å². The minimum Gasteiger partial charge on any atom is -0.483 e. The number of nitrogens with zero attached hydrogens (tertiary/aromatic N) is 2. The van der Waals surface area contributed by atoms with Crippen molar-refractivity contribution in [2.24, 2.45) is 0 Å². The Morgan fingerprint density at radius 1 is 1.48 bits per heavy atom. The molecule has 2 aromatic rings. The number of ether oxygens (including phenoxy) is 1. The highest BCUT2D eigenvalue weighted by atomic mass is 79.9. The van der Waals surface area contributed by atoms with Gasteiger partial charge in [-0.3, -0.25) is 0 Å². The van der Waals surface area contributed by atoms with Crippen LogP contribution >= 0.6 is 28.1 Å². The Balaban J connectivity index is 2.38. The first-order chi connectivity index (χ1) is 10.0. The molecular weight excluding hydrogens is 352 g/mol. The number of rotatable bonds is 4. The standard InChI is InChI=1S/C14H15BrN4OS/c1-3-20-14(21)10-7-17-8(2)18-13(10)19-12-5-4-9(15)6-11(12)16/h4-7H,3,16H2,1-2H3,(H,17,18,19). The number of aromatic nitrogens is 2. The van der Waals surface area contributed by atoms with Crippen molar-refractivity contribution in [3.63, 3.8) is 0 Å². The van der Waals surface area contributed by atoms with Gasteiger partial charge in [0.1, 0.15) is 11.6 Å². The predicted molar refractivity (Wildman–Crippen MR) is 91.9 cm³/mol. The summed E-state index contributed by atoms with van der Waals surface area (Å²) in [5.41, 5.74) is 7.98. The van der Waals surface area contributed by atoms with E-state index in [1.807, 2.05) is 32.0 Å². The number of benzene rings is 1. The molecule has 0 amide bonds. The highest BCUT2D eigenvalue weighted by Crippen LogP contribution is 2.27. The van der Waals surface area contributed by atoms with Gasteiger partial charge in [0.15, 0.2) is 5.05 Å². The maximum Gasteiger partial charge on any atom is 0.196 e. The van der Waals surface area contributed by atoms with Crippen LogP contribution in [0.3, 0.4) is 0 Å². The van der Waals surface area contributed by atoms with E-state index >= 15 is 0 Å². The van der Waals surface area contributed by atoms with Crippen molar-refractivity contribution in [2.45, 2.75) is 13.8 Å². The van der Waals surface area contributed by atoms with Crippen LogP contribution in [0, 0.1) is 6.92 Å². The summed E-state index contributed by atoms with van der Waals surface area (Å²) in [7, 11) is 0. The van der Waals surface area contributed by atoms with Gasteiger partial charge in [-0.05, 0) is 44.3 Å². The molecule has 2 rings (SSSR count). The number of thiocarbonyl (C=S) groups is 1. The summed E-state index contributed by atoms with van der Waals surface area (Å²) in [6.07, 6.45) is 1.65. The Hall–Kier alpha value is -1.73. The molecule has 0 aliphatic carbocycles. The highest BCUT2D eigenvalue weighted by Gasteiger charge is 2.13. The van der Waals surface area contributed by atoms with Crippen molar-refractivity contribution < 1.29 is 4.74 Å². The molecular formula is C14H15BrN4OS. The minimum atomic E-state index is 0.357. The maximum absolute atomic E-state index is 5.99. The maximum atomic E-state index is 5.99. The molecule has 0 radical (unpaired) electrons. The van der Waals surface area contributed by atoms with Crippen molar-refractivity contribution in [3.8, 4) is 0 Å². The fraction of sp³-hybridized carbons (Fsp3) is 0.214. The summed E-state index contributed by atoms with van der Waals surface area (Å²) in [5.74, 6) is 1.21. The third kappa shape index (κ3) is 3.89. The summed E-state index contributed by atoms with van der Waals surface area (Å²) in [6, 6.07) is 5.58. The smallest absolute Gasteiger partial charge is 0.196 e. The first-order valence-corrected chi connectivity index (χ1v) is 7.54. The van der Waals surface area contributed by atoms with Gasteiger partial charge in [-0.25, -0.2) is 9.97 Å². The minimum absolute atomic E-state index is 0.357. The van der Waals surface area contributed by atoms with Crippen LogP contribution in [-0.4, -0.2) is 21.6 Å². The Bertz CT molecular complexity index is 678. The molecule has 21 heavy (non-hydrogen) atoms. The van der Waals surface area contributed by atoms with E-state index in [1.165, 1.54) is 0 Å². The van der Waals surface area contributed by atoms with Crippen LogP contribution in [0.5, 0.6) is 0 Å². The monoisotopic (exact) mass is 366 g/mol. The van der Waals surface area contributed by atoms with E-state index in [1.54, 1.807) is 6.20 Å². The van der Waals surface area contributed by atoms with Crippen LogP contribution in [-0.2, 0) is 4.74 Å². The number of nitrogen functional groups attached to an aromatic ring is 1. The number of aryl methyl sites for hydroxylation is 1. The Kier molecular flexibility index (Phi) is 5.08. The van der Waals surface area contributed by atoms with E-state index < -0.39 is 0 Å². The topological polar surface area (TPSA) is 73.1 Å². The van der Waals surface area contributed by atoms with Crippen LogP contribution in [0.4, 0.5) is 17.2 Å². The van der Waals surface area contributed by atoms with Gasteiger partial charge in [0.25, 0.3) is 0 Å². The Morgan fingerprint density at radius 2 is 2.24 bits per heavy atom. The van der Waals surface area contributed by atoms with E-state index in [9.17, 15) is 0 Å². The lowest BCUT2D eigenvalue weighted by atomic mass is 10.2. The third-order valence-corrected chi connectivity index (χ3v) is 3.50. The molecule has 110 valence electrons. The fourth-order valence-electron chi connectivity index (χ4n) is 1.70. The van der Waals surface area contributed by atoms with Gasteiger partial charge in [0.05, 0.1) is 23.5 Å². The summed E-state index contributed by atoms with van der Waals surface area (Å²) in [5, 5.41) is 3.54. The van der Waals surface area contributed by atoms with Gasteiger partial charge in [-0.15, -0.1) is 0 Å². The van der Waals surface area contributed by atoms with Crippen LogP contribution in [0.1, 0.15) is 18.3 Å². The summed E-state index contributed by atoms with van der Waals surface area (Å²) < 4.78 is 6.28. The molecule has 0 spiro atoms. The molecule has 7 heteroatoms. The van der Waals surface area contributed by atoms with E-state index in [-0.39, 0.29) is 0 Å². The molecule has 3 N–H and O–H groups in total. The molecule has 0 fully saturated rings. The molecule has 0 saturated carbocycles. The lowest BCUT2D eigenvalue weighted by Gasteiger charge is -2.14. The first-order valence-electron chi connectivity index (χ1n) is 6.34. The van der Waals surface area contributed by atoms with Gasteiger partial charge in [0, 0.05) is 10.7 Å². The van der Waals surface area contributed by atoms with E-state index in [0.29, 0.717) is 34.6 Å².